The van der Waals surface area contributed by atoms with Gasteiger partial charge in [-0.3, -0.25) is 0 Å². The van der Waals surface area contributed by atoms with Crippen LogP contribution < -0.4 is 0 Å². The number of aromatic nitrogens is 7. The summed E-state index contributed by atoms with van der Waals surface area (Å²) in [7, 11) is 0. The molecule has 0 atom stereocenters. The predicted molar refractivity (Wildman–Crippen MR) is 520 cm³/mol. The van der Waals surface area contributed by atoms with Crippen molar-refractivity contribution >= 4 is 152 Å². The fraction of sp³-hybridized carbons (Fsp3) is 0. The van der Waals surface area contributed by atoms with Crippen LogP contribution in [0.4, 0.5) is 0 Å². The van der Waals surface area contributed by atoms with E-state index in [2.05, 4.69) is 449 Å². The lowest BCUT2D eigenvalue weighted by molar-refractivity contribution is 1.15. The molecular weight excluding hydrogens is 1500 g/mol. The van der Waals surface area contributed by atoms with Gasteiger partial charge >= 0.3 is 0 Å². The molecule has 0 radical (unpaired) electrons. The fourth-order valence-electron chi connectivity index (χ4n) is 20.2. The maximum Gasteiger partial charge on any atom is 0.0736 e. The van der Waals surface area contributed by atoms with Gasteiger partial charge in [0.2, 0.25) is 0 Å². The lowest BCUT2D eigenvalue weighted by Crippen LogP contribution is -1.99. The standard InChI is InChI=1S/C117H71N7/c1-2-32-88(33-3-1)123-111-57-54-83(65-101(111)98-56-59-113-115(117(98)123)100-38-16-19-43-110(100)122(113)90-70-106(94-39-20-30-75-25-10-12-34-92(75)94)120-107(71-90)95-40-21-31-76-26-11-13-35-93(76)95)81-47-48-82-64-87(53-49-80(82)60-81)103-67-89(66-102(118-103)84-50-44-72-22-4-7-27-77(72)61-84)121-109-42-18-15-37-99(109)114-112(121)58-55-97-96-36-14-17-41-108(96)124(116(97)114)91-68-104(85-51-45-73-23-5-8-28-78(73)62-85)119-105(69-91)86-52-46-74-24-6-9-29-79(74)63-86/h1-71H. The minimum atomic E-state index is 0.876. The first-order chi connectivity index (χ1) is 61.4. The molecule has 0 unspecified atom stereocenters. The largest absolute Gasteiger partial charge is 0.309 e. The first kappa shape index (κ1) is 69.4. The summed E-state index contributed by atoms with van der Waals surface area (Å²) < 4.78 is 9.95. The first-order valence-corrected chi connectivity index (χ1v) is 42.5. The normalized spacial score (nSPS) is 12.0. The van der Waals surface area contributed by atoms with Crippen LogP contribution in [0.3, 0.4) is 0 Å². The second-order valence-electron chi connectivity index (χ2n) is 33.0. The molecule has 0 fully saturated rings. The highest BCUT2D eigenvalue weighted by Gasteiger charge is 2.27. The Kier molecular flexibility index (Phi) is 15.4. The highest BCUT2D eigenvalue weighted by molar-refractivity contribution is 6.28. The molecule has 0 aliphatic heterocycles. The molecule has 0 amide bonds. The molecule has 0 saturated carbocycles. The average Bonchev–Trinajstić information content (AvgIpc) is 1.54. The van der Waals surface area contributed by atoms with E-state index in [0.717, 1.165) is 183 Å². The van der Waals surface area contributed by atoms with Crippen LogP contribution in [0.25, 0.3) is 253 Å². The van der Waals surface area contributed by atoms with Gasteiger partial charge in [0.25, 0.3) is 0 Å². The van der Waals surface area contributed by atoms with Crippen molar-refractivity contribution in [3.05, 3.63) is 431 Å². The van der Waals surface area contributed by atoms with Gasteiger partial charge in [-0.05, 0) is 197 Å². The van der Waals surface area contributed by atoms with Crippen LogP contribution in [0.2, 0.25) is 0 Å². The molecule has 0 aliphatic carbocycles. The molecule has 26 aromatic rings. The van der Waals surface area contributed by atoms with Crippen molar-refractivity contribution in [2.45, 2.75) is 0 Å². The monoisotopic (exact) mass is 1570 g/mol. The van der Waals surface area contributed by atoms with Gasteiger partial charge < -0.3 is 18.3 Å². The highest BCUT2D eigenvalue weighted by Crippen LogP contribution is 2.48. The van der Waals surface area contributed by atoms with Crippen LogP contribution >= 0.6 is 0 Å². The molecule has 7 aromatic heterocycles. The average molecular weight is 1570 g/mol. The van der Waals surface area contributed by atoms with Crippen molar-refractivity contribution in [1.29, 1.82) is 0 Å². The van der Waals surface area contributed by atoms with Crippen molar-refractivity contribution in [2.75, 3.05) is 0 Å². The van der Waals surface area contributed by atoms with Crippen molar-refractivity contribution in [1.82, 2.24) is 33.2 Å². The summed E-state index contributed by atoms with van der Waals surface area (Å²) in [6.45, 7) is 0. The molecule has 0 aliphatic rings. The van der Waals surface area contributed by atoms with E-state index in [1.807, 2.05) is 0 Å². The second-order valence-corrected chi connectivity index (χ2v) is 33.0. The molecule has 124 heavy (non-hydrogen) atoms. The third-order valence-electron chi connectivity index (χ3n) is 26.0. The Labute approximate surface area is 712 Å². The molecular formula is C117H71N7. The van der Waals surface area contributed by atoms with E-state index in [9.17, 15) is 0 Å². The van der Waals surface area contributed by atoms with E-state index in [0.29, 0.717) is 0 Å². The maximum atomic E-state index is 5.70. The van der Waals surface area contributed by atoms with Crippen LogP contribution in [-0.2, 0) is 0 Å². The topological polar surface area (TPSA) is 58.4 Å². The Bertz CT molecular complexity index is 8820. The highest BCUT2D eigenvalue weighted by atomic mass is 15.0. The minimum Gasteiger partial charge on any atom is -0.309 e. The third-order valence-corrected chi connectivity index (χ3v) is 26.0. The van der Waals surface area contributed by atoms with Crippen molar-refractivity contribution in [3.8, 4) is 101 Å². The van der Waals surface area contributed by atoms with E-state index in [4.69, 9.17) is 15.0 Å². The van der Waals surface area contributed by atoms with Gasteiger partial charge in [-0.25, -0.2) is 15.0 Å². The van der Waals surface area contributed by atoms with E-state index in [-0.39, 0.29) is 0 Å². The van der Waals surface area contributed by atoms with E-state index < -0.39 is 0 Å². The fourth-order valence-corrected chi connectivity index (χ4v) is 20.2. The lowest BCUT2D eigenvalue weighted by atomic mass is 9.97. The van der Waals surface area contributed by atoms with Crippen LogP contribution in [0, 0.1) is 0 Å². The quantitative estimate of drug-likeness (QED) is 0.130. The molecule has 574 valence electrons. The summed E-state index contributed by atoms with van der Waals surface area (Å²) in [5.41, 5.74) is 27.2. The Hall–Kier alpha value is -16.6. The summed E-state index contributed by atoms with van der Waals surface area (Å²) in [4.78, 5) is 16.9. The summed E-state index contributed by atoms with van der Waals surface area (Å²) in [6, 6.07) is 158. The van der Waals surface area contributed by atoms with Crippen molar-refractivity contribution < 1.29 is 0 Å². The summed E-state index contributed by atoms with van der Waals surface area (Å²) in [5.74, 6) is 0. The summed E-state index contributed by atoms with van der Waals surface area (Å²) in [5, 5.41) is 23.4. The number of nitrogens with zero attached hydrogens (tertiary/aromatic N) is 7. The van der Waals surface area contributed by atoms with E-state index >= 15 is 0 Å². The molecule has 0 bridgehead atoms. The number of hydrogen-bond donors (Lipinski definition) is 0. The molecule has 19 aromatic carbocycles. The zero-order chi connectivity index (χ0) is 81.2. The molecule has 7 heteroatoms. The predicted octanol–water partition coefficient (Wildman–Crippen LogP) is 30.8. The SMILES string of the molecule is c1ccc(-n2c3ccc(-c4ccc5cc(-c6cc(-n7c8ccccc8c8c7ccc7c9ccccc9n(-c9cc(-c%10ccc%11ccccc%11c%10)nc(-c%10ccc%11ccccc%11c%10)c9)c78)cc(-c7ccc8ccccc8c7)n6)ccc5c4)cc3c3ccc4c(c5ccccc5n4-c4cc(-c5cccc6ccccc56)nc(-c5cccc6ccccc56)c4)c32)cc1. The number of para-hydroxylation sites is 4. The summed E-state index contributed by atoms with van der Waals surface area (Å²) >= 11 is 0. The van der Waals surface area contributed by atoms with Gasteiger partial charge in [0.05, 0.1) is 95.4 Å². The van der Waals surface area contributed by atoms with Gasteiger partial charge in [-0.1, -0.05) is 309 Å². The Morgan fingerprint density at radius 1 is 0.145 bits per heavy atom. The number of rotatable bonds is 11. The maximum absolute atomic E-state index is 5.70. The second kappa shape index (κ2) is 27.5. The molecule has 26 rings (SSSR count). The third kappa shape index (κ3) is 11.0. The van der Waals surface area contributed by atoms with Crippen molar-refractivity contribution in [2.24, 2.45) is 0 Å². The number of pyridine rings is 3. The van der Waals surface area contributed by atoms with Gasteiger partial charge in [0, 0.05) is 82.2 Å². The Morgan fingerprint density at radius 2 is 0.444 bits per heavy atom. The summed E-state index contributed by atoms with van der Waals surface area (Å²) in [6.07, 6.45) is 0. The molecule has 7 nitrogen and oxygen atoms in total. The molecule has 0 N–H and O–H groups in total. The molecule has 7 heterocycles. The molecule has 0 spiro atoms. The number of benzene rings is 19. The molecule has 0 saturated heterocycles. The number of fused-ring (bicyclic) bond motifs is 20. The van der Waals surface area contributed by atoms with E-state index in [1.54, 1.807) is 0 Å². The van der Waals surface area contributed by atoms with Gasteiger partial charge in [-0.2, -0.15) is 0 Å². The number of hydrogen-bond acceptors (Lipinski definition) is 3. The first-order valence-electron chi connectivity index (χ1n) is 42.5. The van der Waals surface area contributed by atoms with Gasteiger partial charge in [0.1, 0.15) is 0 Å². The zero-order valence-electron chi connectivity index (χ0n) is 67.1. The van der Waals surface area contributed by atoms with Crippen molar-refractivity contribution in [3.63, 3.8) is 0 Å². The zero-order valence-corrected chi connectivity index (χ0v) is 67.1. The van der Waals surface area contributed by atoms with Crippen LogP contribution in [0.5, 0.6) is 0 Å². The minimum absolute atomic E-state index is 0.876. The van der Waals surface area contributed by atoms with E-state index in [1.165, 1.54) is 70.0 Å². The van der Waals surface area contributed by atoms with Crippen LogP contribution in [0.15, 0.2) is 431 Å². The van der Waals surface area contributed by atoms with Crippen LogP contribution in [0.1, 0.15) is 0 Å². The van der Waals surface area contributed by atoms with Crippen LogP contribution in [-0.4, -0.2) is 33.2 Å². The van der Waals surface area contributed by atoms with Gasteiger partial charge in [0.15, 0.2) is 0 Å². The Balaban J connectivity index is 0.623. The lowest BCUT2D eigenvalue weighted by Gasteiger charge is -2.15. The Morgan fingerprint density at radius 3 is 0.919 bits per heavy atom. The smallest absolute Gasteiger partial charge is 0.0736 e. The van der Waals surface area contributed by atoms with Gasteiger partial charge in [-0.15, -0.1) is 0 Å².